The predicted octanol–water partition coefficient (Wildman–Crippen LogP) is 5.69. The Morgan fingerprint density at radius 3 is 2.26 bits per heavy atom. The van der Waals surface area contributed by atoms with Crippen molar-refractivity contribution >= 4 is 29.0 Å². The number of benzene rings is 3. The third-order valence-corrected chi connectivity index (χ3v) is 6.53. The average molecular weight is 508 g/mol. The van der Waals surface area contributed by atoms with E-state index in [0.717, 1.165) is 16.7 Å². The van der Waals surface area contributed by atoms with Crippen molar-refractivity contribution in [2.75, 3.05) is 23.1 Å². The maximum Gasteiger partial charge on any atom is 0.261 e. The normalized spacial score (nSPS) is 14.4. The van der Waals surface area contributed by atoms with Crippen molar-refractivity contribution < 1.29 is 14.3 Å². The van der Waals surface area contributed by atoms with E-state index in [4.69, 9.17) is 4.74 Å². The maximum absolute atomic E-state index is 13.6. The number of ether oxygens (including phenoxy) is 1. The van der Waals surface area contributed by atoms with Gasteiger partial charge in [-0.25, -0.2) is 4.68 Å². The van der Waals surface area contributed by atoms with Gasteiger partial charge in [0.2, 0.25) is 0 Å². The summed E-state index contributed by atoms with van der Waals surface area (Å²) in [6.45, 7) is 5.82. The molecule has 1 atom stereocenters. The van der Waals surface area contributed by atoms with Gasteiger partial charge in [0.05, 0.1) is 18.9 Å². The molecule has 1 aliphatic rings. The van der Waals surface area contributed by atoms with E-state index in [1.54, 1.807) is 36.1 Å². The molecule has 0 spiro atoms. The summed E-state index contributed by atoms with van der Waals surface area (Å²) in [7, 11) is 1.60. The van der Waals surface area contributed by atoms with Gasteiger partial charge < -0.3 is 20.7 Å². The molecule has 4 aromatic rings. The minimum absolute atomic E-state index is 0.266. The number of allylic oxidation sites excluding steroid dienone is 1. The minimum Gasteiger partial charge on any atom is -0.497 e. The Kier molecular flexibility index (Phi) is 6.70. The van der Waals surface area contributed by atoms with Gasteiger partial charge in [0.1, 0.15) is 23.2 Å². The second-order valence-corrected chi connectivity index (χ2v) is 9.33. The summed E-state index contributed by atoms with van der Waals surface area (Å²) < 4.78 is 6.92. The second-order valence-electron chi connectivity index (χ2n) is 9.33. The number of amides is 2. The summed E-state index contributed by atoms with van der Waals surface area (Å²) >= 11 is 0. The number of nitrogens with one attached hydrogen (secondary N) is 3. The van der Waals surface area contributed by atoms with Crippen LogP contribution in [0.1, 0.15) is 40.0 Å². The molecule has 2 amide bonds. The number of aryl methyl sites for hydroxylation is 2. The van der Waals surface area contributed by atoms with Gasteiger partial charge in [-0.2, -0.15) is 5.10 Å². The molecular weight excluding hydrogens is 478 g/mol. The third-order valence-electron chi connectivity index (χ3n) is 6.53. The second kappa shape index (κ2) is 10.3. The Bertz CT molecular complexity index is 1540. The van der Waals surface area contributed by atoms with E-state index >= 15 is 0 Å². The first-order chi connectivity index (χ1) is 18.3. The number of carbonyl (C=O) groups is 2. The van der Waals surface area contributed by atoms with Gasteiger partial charge in [0, 0.05) is 17.1 Å². The topological polar surface area (TPSA) is 97.3 Å². The number of hydrogen-bond acceptors (Lipinski definition) is 5. The molecule has 8 heteroatoms. The first-order valence-electron chi connectivity index (χ1n) is 12.3. The Morgan fingerprint density at radius 1 is 0.868 bits per heavy atom. The molecular formula is C30H29N5O3. The van der Waals surface area contributed by atoms with Gasteiger partial charge in [-0.05, 0) is 68.3 Å². The molecule has 3 N–H and O–H groups in total. The van der Waals surface area contributed by atoms with Gasteiger partial charge in [-0.3, -0.25) is 9.59 Å². The summed E-state index contributed by atoms with van der Waals surface area (Å²) in [6, 6.07) is 22.2. The lowest BCUT2D eigenvalue weighted by Gasteiger charge is -2.30. The Morgan fingerprint density at radius 2 is 1.58 bits per heavy atom. The van der Waals surface area contributed by atoms with Crippen LogP contribution in [-0.2, 0) is 4.79 Å². The van der Waals surface area contributed by atoms with Crippen molar-refractivity contribution in [3.63, 3.8) is 0 Å². The summed E-state index contributed by atoms with van der Waals surface area (Å²) in [5.74, 6) is 0.677. The van der Waals surface area contributed by atoms with Crippen LogP contribution in [0.4, 0.5) is 17.2 Å². The first kappa shape index (κ1) is 24.8. The molecule has 1 aliphatic heterocycles. The van der Waals surface area contributed by atoms with Crippen LogP contribution in [-0.4, -0.2) is 28.7 Å². The monoisotopic (exact) mass is 507 g/mol. The molecule has 0 bridgehead atoms. The fourth-order valence-corrected chi connectivity index (χ4v) is 4.57. The first-order valence-corrected chi connectivity index (χ1v) is 12.3. The maximum atomic E-state index is 13.6. The van der Waals surface area contributed by atoms with Crippen molar-refractivity contribution in [2.45, 2.75) is 26.8 Å². The summed E-state index contributed by atoms with van der Waals surface area (Å²) in [5, 5.41) is 13.8. The van der Waals surface area contributed by atoms with E-state index in [-0.39, 0.29) is 11.8 Å². The Labute approximate surface area is 221 Å². The van der Waals surface area contributed by atoms with Gasteiger partial charge in [-0.15, -0.1) is 0 Å². The lowest BCUT2D eigenvalue weighted by Crippen LogP contribution is -2.32. The molecule has 192 valence electrons. The standard InChI is InChI=1S/C30H29N5O3/c1-18-8-10-21(11-9-18)27-26(30(37)33-22-12-14-24(38-4)15-13-22)20(3)32-28-25(17-31-35(27)28)29(36)34-23-7-5-6-19(2)16-23/h5-17,27,32H,1-4H3,(H,33,37)(H,34,36)/t27-/m1/s1. The van der Waals surface area contributed by atoms with Crippen LogP contribution < -0.4 is 20.7 Å². The van der Waals surface area contributed by atoms with Crippen molar-refractivity contribution in [2.24, 2.45) is 0 Å². The van der Waals surface area contributed by atoms with Gasteiger partial charge >= 0.3 is 0 Å². The fraction of sp³-hybridized carbons (Fsp3) is 0.167. The van der Waals surface area contributed by atoms with E-state index in [2.05, 4.69) is 21.0 Å². The van der Waals surface area contributed by atoms with E-state index in [0.29, 0.717) is 39.8 Å². The third kappa shape index (κ3) is 4.88. The number of anilines is 3. The van der Waals surface area contributed by atoms with E-state index < -0.39 is 6.04 Å². The molecule has 5 rings (SSSR count). The van der Waals surface area contributed by atoms with Crippen LogP contribution in [0, 0.1) is 13.8 Å². The van der Waals surface area contributed by atoms with Crippen molar-refractivity contribution in [3.8, 4) is 5.75 Å². The highest BCUT2D eigenvalue weighted by Gasteiger charge is 2.35. The molecule has 38 heavy (non-hydrogen) atoms. The van der Waals surface area contributed by atoms with Crippen LogP contribution in [0.2, 0.25) is 0 Å². The number of nitrogens with zero attached hydrogens (tertiary/aromatic N) is 2. The lowest BCUT2D eigenvalue weighted by atomic mass is 9.94. The van der Waals surface area contributed by atoms with Crippen LogP contribution in [0.5, 0.6) is 5.75 Å². The fourth-order valence-electron chi connectivity index (χ4n) is 4.57. The molecule has 3 aromatic carbocycles. The Hall–Kier alpha value is -4.85. The van der Waals surface area contributed by atoms with Gasteiger partial charge in [0.15, 0.2) is 0 Å². The SMILES string of the molecule is COc1ccc(NC(=O)C2=C(C)Nc3c(C(=O)Nc4cccc(C)c4)cnn3[C@@H]2c2ccc(C)cc2)cc1. The Balaban J connectivity index is 1.52. The van der Waals surface area contributed by atoms with Gasteiger partial charge in [0.25, 0.3) is 11.8 Å². The lowest BCUT2D eigenvalue weighted by molar-refractivity contribution is -0.113. The number of hydrogen-bond donors (Lipinski definition) is 3. The summed E-state index contributed by atoms with van der Waals surface area (Å²) in [5.41, 5.74) is 5.90. The molecule has 0 fully saturated rings. The molecule has 0 saturated heterocycles. The van der Waals surface area contributed by atoms with Crippen molar-refractivity contribution in [3.05, 3.63) is 113 Å². The highest BCUT2D eigenvalue weighted by atomic mass is 16.5. The van der Waals surface area contributed by atoms with E-state index in [1.807, 2.05) is 69.3 Å². The zero-order valence-electron chi connectivity index (χ0n) is 21.7. The van der Waals surface area contributed by atoms with E-state index in [9.17, 15) is 9.59 Å². The molecule has 0 saturated carbocycles. The van der Waals surface area contributed by atoms with Crippen LogP contribution in [0.3, 0.4) is 0 Å². The van der Waals surface area contributed by atoms with Crippen molar-refractivity contribution in [1.82, 2.24) is 9.78 Å². The number of fused-ring (bicyclic) bond motifs is 1. The number of carbonyl (C=O) groups excluding carboxylic acids is 2. The van der Waals surface area contributed by atoms with Crippen molar-refractivity contribution in [1.29, 1.82) is 0 Å². The highest BCUT2D eigenvalue weighted by Crippen LogP contribution is 2.38. The minimum atomic E-state index is -0.536. The van der Waals surface area contributed by atoms with E-state index in [1.165, 1.54) is 6.20 Å². The quantitative estimate of drug-likeness (QED) is 0.312. The molecule has 0 aliphatic carbocycles. The van der Waals surface area contributed by atoms with Crippen LogP contribution in [0.15, 0.2) is 90.3 Å². The molecule has 0 unspecified atom stereocenters. The summed E-state index contributed by atoms with van der Waals surface area (Å²) in [6.07, 6.45) is 1.53. The molecule has 8 nitrogen and oxygen atoms in total. The number of rotatable bonds is 6. The molecule has 0 radical (unpaired) electrons. The molecule has 1 aromatic heterocycles. The average Bonchev–Trinajstić information content (AvgIpc) is 3.32. The number of methoxy groups -OCH3 is 1. The smallest absolute Gasteiger partial charge is 0.261 e. The molecule has 2 heterocycles. The zero-order valence-corrected chi connectivity index (χ0v) is 21.7. The highest BCUT2D eigenvalue weighted by molar-refractivity contribution is 6.09. The van der Waals surface area contributed by atoms with Crippen LogP contribution >= 0.6 is 0 Å². The summed E-state index contributed by atoms with van der Waals surface area (Å²) in [4.78, 5) is 26.9. The zero-order chi connectivity index (χ0) is 26.8. The van der Waals surface area contributed by atoms with Gasteiger partial charge in [-0.1, -0.05) is 42.0 Å². The predicted molar refractivity (Wildman–Crippen MR) is 149 cm³/mol. The number of aromatic nitrogens is 2. The van der Waals surface area contributed by atoms with Crippen LogP contribution in [0.25, 0.3) is 0 Å². The largest absolute Gasteiger partial charge is 0.497 e.